The Hall–Kier alpha value is -2.28. The van der Waals surface area contributed by atoms with E-state index in [0.717, 1.165) is 18.4 Å². The number of aromatic amines is 1. The fraction of sp³-hybridized carbons (Fsp3) is 0.231. The number of nitrogens with one attached hydrogen (secondary N) is 1. The van der Waals surface area contributed by atoms with E-state index in [-0.39, 0.29) is 5.56 Å². The molecule has 2 aromatic rings. The summed E-state index contributed by atoms with van der Waals surface area (Å²) in [5.41, 5.74) is 2.15. The number of nitrogens with zero attached hydrogens (tertiary/aromatic N) is 2. The van der Waals surface area contributed by atoms with Gasteiger partial charge in [-0.3, -0.25) is 4.79 Å². The minimum atomic E-state index is 0.0252. The summed E-state index contributed by atoms with van der Waals surface area (Å²) in [5.74, 6) is 0. The molecular weight excluding hydrogens is 214 g/mol. The molecule has 0 atom stereocenters. The summed E-state index contributed by atoms with van der Waals surface area (Å²) in [6.45, 7) is 0. The van der Waals surface area contributed by atoms with E-state index in [1.165, 1.54) is 0 Å². The van der Waals surface area contributed by atoms with Crippen molar-refractivity contribution in [3.63, 3.8) is 0 Å². The van der Waals surface area contributed by atoms with Crippen molar-refractivity contribution in [2.75, 3.05) is 0 Å². The fourth-order valence-electron chi connectivity index (χ4n) is 1.92. The lowest BCUT2D eigenvalue weighted by Crippen LogP contribution is -2.16. The van der Waals surface area contributed by atoms with Gasteiger partial charge in [0.15, 0.2) is 0 Å². The Balaban J connectivity index is 2.03. The highest BCUT2D eigenvalue weighted by Gasteiger charge is 2.26. The van der Waals surface area contributed by atoms with E-state index in [1.807, 2.05) is 0 Å². The van der Waals surface area contributed by atoms with Gasteiger partial charge in [0.1, 0.15) is 0 Å². The first-order valence-corrected chi connectivity index (χ1v) is 5.60. The van der Waals surface area contributed by atoms with Crippen LogP contribution in [0.2, 0.25) is 0 Å². The van der Waals surface area contributed by atoms with E-state index in [1.54, 1.807) is 35.1 Å². The van der Waals surface area contributed by atoms with Crippen LogP contribution in [0.1, 0.15) is 24.4 Å². The Kier molecular flexibility index (Phi) is 2.12. The molecule has 1 aliphatic carbocycles. The number of hydrogen-bond donors (Lipinski definition) is 1. The van der Waals surface area contributed by atoms with Crippen molar-refractivity contribution in [1.82, 2.24) is 9.78 Å². The second-order valence-corrected chi connectivity index (χ2v) is 4.28. The van der Waals surface area contributed by atoms with Crippen molar-refractivity contribution in [3.8, 4) is 17.2 Å². The number of rotatable bonds is 2. The molecule has 84 valence electrons. The summed E-state index contributed by atoms with van der Waals surface area (Å²) < 4.78 is 1.69. The molecule has 0 bridgehead atoms. The average molecular weight is 225 g/mol. The predicted molar refractivity (Wildman–Crippen MR) is 63.5 cm³/mol. The second-order valence-electron chi connectivity index (χ2n) is 4.28. The van der Waals surface area contributed by atoms with Gasteiger partial charge in [0.25, 0.3) is 5.56 Å². The van der Waals surface area contributed by atoms with Gasteiger partial charge in [0.2, 0.25) is 0 Å². The average Bonchev–Trinajstić information content (AvgIpc) is 3.13. The van der Waals surface area contributed by atoms with E-state index in [4.69, 9.17) is 5.26 Å². The zero-order valence-corrected chi connectivity index (χ0v) is 9.18. The molecule has 4 nitrogen and oxygen atoms in total. The van der Waals surface area contributed by atoms with Crippen LogP contribution in [-0.2, 0) is 0 Å². The lowest BCUT2D eigenvalue weighted by molar-refractivity contribution is 0.621. The summed E-state index contributed by atoms with van der Waals surface area (Å²) in [6, 6.07) is 9.48. The molecule has 0 saturated heterocycles. The molecule has 0 spiro atoms. The number of hydrogen-bond acceptors (Lipinski definition) is 2. The molecule has 1 aromatic heterocycles. The van der Waals surface area contributed by atoms with Gasteiger partial charge in [0.05, 0.1) is 23.2 Å². The van der Waals surface area contributed by atoms with Gasteiger partial charge < -0.3 is 5.10 Å². The molecule has 1 fully saturated rings. The molecule has 3 rings (SSSR count). The molecule has 0 unspecified atom stereocenters. The maximum Gasteiger partial charge on any atom is 0.274 e. The zero-order chi connectivity index (χ0) is 11.8. The van der Waals surface area contributed by atoms with Crippen LogP contribution in [0, 0.1) is 11.3 Å². The van der Waals surface area contributed by atoms with E-state index < -0.39 is 0 Å². The Bertz CT molecular complexity index is 639. The van der Waals surface area contributed by atoms with Gasteiger partial charge in [-0.1, -0.05) is 12.1 Å². The summed E-state index contributed by atoms with van der Waals surface area (Å²) in [5, 5.41) is 11.7. The Morgan fingerprint density at radius 3 is 2.59 bits per heavy atom. The molecule has 1 N–H and O–H groups in total. The molecule has 0 aliphatic heterocycles. The molecule has 1 aromatic carbocycles. The number of benzene rings is 1. The molecule has 17 heavy (non-hydrogen) atoms. The smallest absolute Gasteiger partial charge is 0.274 e. The Morgan fingerprint density at radius 1 is 1.29 bits per heavy atom. The molecule has 0 radical (unpaired) electrons. The van der Waals surface area contributed by atoms with Gasteiger partial charge in [-0.15, -0.1) is 0 Å². The molecule has 1 heterocycles. The van der Waals surface area contributed by atoms with E-state index in [0.29, 0.717) is 17.2 Å². The number of nitriles is 1. The van der Waals surface area contributed by atoms with Crippen LogP contribution >= 0.6 is 0 Å². The minimum absolute atomic E-state index is 0.0252. The summed E-state index contributed by atoms with van der Waals surface area (Å²) in [7, 11) is 0. The van der Waals surface area contributed by atoms with Crippen LogP contribution in [0.5, 0.6) is 0 Å². The lowest BCUT2D eigenvalue weighted by Gasteiger charge is -1.96. The first-order chi connectivity index (χ1) is 8.29. The highest BCUT2D eigenvalue weighted by atomic mass is 16.1. The number of aromatic nitrogens is 2. The first kappa shape index (κ1) is 9.91. The summed E-state index contributed by atoms with van der Waals surface area (Å²) >= 11 is 0. The van der Waals surface area contributed by atoms with Crippen LogP contribution in [0.15, 0.2) is 35.3 Å². The third kappa shape index (κ3) is 1.66. The van der Waals surface area contributed by atoms with E-state index in [2.05, 4.69) is 11.2 Å². The van der Waals surface area contributed by atoms with Gasteiger partial charge in [-0.05, 0) is 30.5 Å². The largest absolute Gasteiger partial charge is 0.302 e. The molecule has 4 heteroatoms. The summed E-state index contributed by atoms with van der Waals surface area (Å²) in [4.78, 5) is 12.1. The Morgan fingerprint density at radius 2 is 2.00 bits per heavy atom. The third-order valence-electron chi connectivity index (χ3n) is 3.03. The summed E-state index contributed by atoms with van der Waals surface area (Å²) in [6.07, 6.45) is 3.89. The normalized spacial score (nSPS) is 14.5. The van der Waals surface area contributed by atoms with Crippen molar-refractivity contribution in [1.29, 1.82) is 5.26 Å². The van der Waals surface area contributed by atoms with Gasteiger partial charge >= 0.3 is 0 Å². The van der Waals surface area contributed by atoms with Gasteiger partial charge in [0, 0.05) is 6.20 Å². The second kappa shape index (κ2) is 3.63. The standard InChI is InChI=1S/C13H11N3O/c14-7-9-1-3-10(4-2-9)12-8-15-16(13(12)17)11-5-6-11/h1-4,8,11,15H,5-6H2. The van der Waals surface area contributed by atoms with Crippen LogP contribution in [0.4, 0.5) is 0 Å². The quantitative estimate of drug-likeness (QED) is 0.850. The SMILES string of the molecule is N#Cc1ccc(-c2c[nH]n(C3CC3)c2=O)cc1. The van der Waals surface area contributed by atoms with Crippen LogP contribution in [-0.4, -0.2) is 9.78 Å². The van der Waals surface area contributed by atoms with Crippen LogP contribution in [0.25, 0.3) is 11.1 Å². The van der Waals surface area contributed by atoms with Crippen molar-refractivity contribution in [3.05, 3.63) is 46.4 Å². The molecule has 1 saturated carbocycles. The monoisotopic (exact) mass is 225 g/mol. The molecule has 0 amide bonds. The molecule has 1 aliphatic rings. The lowest BCUT2D eigenvalue weighted by atomic mass is 10.1. The van der Waals surface area contributed by atoms with E-state index in [9.17, 15) is 4.79 Å². The Labute approximate surface area is 98.1 Å². The van der Waals surface area contributed by atoms with Crippen molar-refractivity contribution in [2.24, 2.45) is 0 Å². The highest BCUT2D eigenvalue weighted by molar-refractivity contribution is 5.62. The van der Waals surface area contributed by atoms with Crippen molar-refractivity contribution < 1.29 is 0 Å². The van der Waals surface area contributed by atoms with Crippen molar-refractivity contribution in [2.45, 2.75) is 18.9 Å². The number of H-pyrrole nitrogens is 1. The van der Waals surface area contributed by atoms with E-state index >= 15 is 0 Å². The maximum absolute atomic E-state index is 12.1. The van der Waals surface area contributed by atoms with Crippen LogP contribution in [0.3, 0.4) is 0 Å². The van der Waals surface area contributed by atoms with Crippen molar-refractivity contribution >= 4 is 0 Å². The predicted octanol–water partition coefficient (Wildman–Crippen LogP) is 2.05. The fourth-order valence-corrected chi connectivity index (χ4v) is 1.92. The minimum Gasteiger partial charge on any atom is -0.302 e. The maximum atomic E-state index is 12.1. The van der Waals surface area contributed by atoms with Gasteiger partial charge in [-0.25, -0.2) is 4.68 Å². The third-order valence-corrected chi connectivity index (χ3v) is 3.03. The van der Waals surface area contributed by atoms with Crippen LogP contribution < -0.4 is 5.56 Å². The highest BCUT2D eigenvalue weighted by Crippen LogP contribution is 2.33. The van der Waals surface area contributed by atoms with Gasteiger partial charge in [-0.2, -0.15) is 5.26 Å². The molecular formula is C13H11N3O. The first-order valence-electron chi connectivity index (χ1n) is 5.60. The zero-order valence-electron chi connectivity index (χ0n) is 9.18. The topological polar surface area (TPSA) is 61.6 Å².